The van der Waals surface area contributed by atoms with E-state index < -0.39 is 0 Å². The predicted molar refractivity (Wildman–Crippen MR) is 94.9 cm³/mol. The molecule has 1 aliphatic heterocycles. The van der Waals surface area contributed by atoms with Crippen LogP contribution in [0, 0.1) is 0 Å². The number of morpholine rings is 1. The zero-order valence-electron chi connectivity index (χ0n) is 14.3. The fraction of sp³-hybridized carbons (Fsp3) is 0.421. The van der Waals surface area contributed by atoms with Crippen molar-refractivity contribution in [2.24, 2.45) is 0 Å². The Balaban J connectivity index is 1.55. The first-order valence-corrected chi connectivity index (χ1v) is 8.70. The quantitative estimate of drug-likeness (QED) is 0.829. The van der Waals surface area contributed by atoms with Gasteiger partial charge in [0.1, 0.15) is 0 Å². The van der Waals surface area contributed by atoms with Crippen molar-refractivity contribution >= 4 is 5.91 Å². The molecule has 1 atom stereocenters. The first-order valence-electron chi connectivity index (χ1n) is 8.70. The van der Waals surface area contributed by atoms with Crippen LogP contribution >= 0.6 is 0 Å². The standard InChI is InChI=1S/C19H24N4O2/c24-19(4-3-16-2-1-7-21-14-16)22-15-18(17-5-8-20-9-6-17)23-10-12-25-13-11-23/h1-2,5-9,14,18H,3-4,10-13,15H2,(H,22,24)/t18-/m0/s1. The van der Waals surface area contributed by atoms with E-state index in [4.69, 9.17) is 4.74 Å². The number of pyridine rings is 2. The number of hydrogen-bond acceptors (Lipinski definition) is 5. The molecule has 0 aliphatic carbocycles. The lowest BCUT2D eigenvalue weighted by Gasteiger charge is -2.34. The summed E-state index contributed by atoms with van der Waals surface area (Å²) < 4.78 is 5.45. The smallest absolute Gasteiger partial charge is 0.220 e. The van der Waals surface area contributed by atoms with Gasteiger partial charge in [-0.05, 0) is 35.7 Å². The van der Waals surface area contributed by atoms with Gasteiger partial charge in [0.15, 0.2) is 0 Å². The van der Waals surface area contributed by atoms with Crippen molar-refractivity contribution in [2.75, 3.05) is 32.8 Å². The van der Waals surface area contributed by atoms with E-state index in [1.807, 2.05) is 24.3 Å². The van der Waals surface area contributed by atoms with E-state index >= 15 is 0 Å². The topological polar surface area (TPSA) is 67.4 Å². The molecule has 1 N–H and O–H groups in total. The van der Waals surface area contributed by atoms with E-state index in [1.165, 1.54) is 5.56 Å². The van der Waals surface area contributed by atoms with Crippen LogP contribution in [0.4, 0.5) is 0 Å². The van der Waals surface area contributed by atoms with Gasteiger partial charge in [0, 0.05) is 50.8 Å². The average molecular weight is 340 g/mol. The van der Waals surface area contributed by atoms with Gasteiger partial charge in [-0.3, -0.25) is 19.7 Å². The van der Waals surface area contributed by atoms with Crippen LogP contribution in [0.2, 0.25) is 0 Å². The van der Waals surface area contributed by atoms with E-state index in [2.05, 4.69) is 20.2 Å². The molecule has 132 valence electrons. The molecule has 1 aliphatic rings. The third kappa shape index (κ3) is 5.34. The Labute approximate surface area is 148 Å². The van der Waals surface area contributed by atoms with Gasteiger partial charge in [-0.1, -0.05) is 6.07 Å². The van der Waals surface area contributed by atoms with Gasteiger partial charge in [0.2, 0.25) is 5.91 Å². The van der Waals surface area contributed by atoms with Gasteiger partial charge >= 0.3 is 0 Å². The van der Waals surface area contributed by atoms with Crippen LogP contribution in [0.5, 0.6) is 0 Å². The number of aryl methyl sites for hydroxylation is 1. The third-order valence-corrected chi connectivity index (χ3v) is 4.43. The fourth-order valence-electron chi connectivity index (χ4n) is 3.04. The van der Waals surface area contributed by atoms with Crippen LogP contribution in [-0.2, 0) is 16.0 Å². The number of ether oxygens (including phenoxy) is 1. The number of carbonyl (C=O) groups is 1. The molecular formula is C19H24N4O2. The fourth-order valence-corrected chi connectivity index (χ4v) is 3.04. The average Bonchev–Trinajstić information content (AvgIpc) is 2.69. The SMILES string of the molecule is O=C(CCc1cccnc1)NC[C@@H](c1ccncc1)N1CCOCC1. The highest BCUT2D eigenvalue weighted by Crippen LogP contribution is 2.20. The zero-order valence-corrected chi connectivity index (χ0v) is 14.3. The molecule has 25 heavy (non-hydrogen) atoms. The second kappa shape index (κ2) is 9.25. The molecule has 0 saturated carbocycles. The van der Waals surface area contributed by atoms with Crippen molar-refractivity contribution in [1.29, 1.82) is 0 Å². The molecular weight excluding hydrogens is 316 g/mol. The lowest BCUT2D eigenvalue weighted by Crippen LogP contribution is -2.43. The molecule has 2 aromatic heterocycles. The summed E-state index contributed by atoms with van der Waals surface area (Å²) in [5.74, 6) is 0.0659. The number of carbonyl (C=O) groups excluding carboxylic acids is 1. The van der Waals surface area contributed by atoms with Crippen molar-refractivity contribution in [3.8, 4) is 0 Å². The first-order chi connectivity index (χ1) is 12.3. The van der Waals surface area contributed by atoms with Gasteiger partial charge in [-0.25, -0.2) is 0 Å². The number of nitrogens with zero attached hydrogens (tertiary/aromatic N) is 3. The summed E-state index contributed by atoms with van der Waals surface area (Å²) in [6, 6.07) is 8.07. The highest BCUT2D eigenvalue weighted by molar-refractivity contribution is 5.76. The molecule has 3 rings (SSSR count). The maximum atomic E-state index is 12.2. The van der Waals surface area contributed by atoms with Crippen molar-refractivity contribution in [3.63, 3.8) is 0 Å². The second-order valence-electron chi connectivity index (χ2n) is 6.11. The summed E-state index contributed by atoms with van der Waals surface area (Å²) in [5.41, 5.74) is 2.25. The molecule has 3 heterocycles. The van der Waals surface area contributed by atoms with Crippen LogP contribution in [0.3, 0.4) is 0 Å². The Hall–Kier alpha value is -2.31. The van der Waals surface area contributed by atoms with Crippen LogP contribution in [0.15, 0.2) is 49.1 Å². The van der Waals surface area contributed by atoms with Gasteiger partial charge in [-0.2, -0.15) is 0 Å². The van der Waals surface area contributed by atoms with E-state index in [1.54, 1.807) is 24.8 Å². The zero-order chi connectivity index (χ0) is 17.3. The second-order valence-corrected chi connectivity index (χ2v) is 6.11. The Morgan fingerprint density at radius 2 is 1.96 bits per heavy atom. The molecule has 0 unspecified atom stereocenters. The molecule has 2 aromatic rings. The highest BCUT2D eigenvalue weighted by atomic mass is 16.5. The molecule has 0 spiro atoms. The summed E-state index contributed by atoms with van der Waals surface area (Å²) >= 11 is 0. The molecule has 1 amide bonds. The lowest BCUT2D eigenvalue weighted by molar-refractivity contribution is -0.121. The molecule has 0 bridgehead atoms. The summed E-state index contributed by atoms with van der Waals surface area (Å²) in [6.07, 6.45) is 8.32. The Morgan fingerprint density at radius 3 is 2.68 bits per heavy atom. The summed E-state index contributed by atoms with van der Waals surface area (Å²) in [7, 11) is 0. The van der Waals surface area contributed by atoms with Gasteiger partial charge in [-0.15, -0.1) is 0 Å². The van der Waals surface area contributed by atoms with Crippen molar-refractivity contribution in [2.45, 2.75) is 18.9 Å². The Morgan fingerprint density at radius 1 is 1.16 bits per heavy atom. The largest absolute Gasteiger partial charge is 0.379 e. The number of amides is 1. The van der Waals surface area contributed by atoms with Crippen molar-refractivity contribution in [3.05, 3.63) is 60.2 Å². The van der Waals surface area contributed by atoms with E-state index in [0.29, 0.717) is 19.4 Å². The lowest BCUT2D eigenvalue weighted by atomic mass is 10.1. The van der Waals surface area contributed by atoms with Gasteiger partial charge in [0.05, 0.1) is 19.3 Å². The van der Waals surface area contributed by atoms with Crippen LogP contribution in [0.1, 0.15) is 23.6 Å². The normalized spacial score (nSPS) is 16.3. The Bertz CT molecular complexity index is 645. The molecule has 0 aromatic carbocycles. The first kappa shape index (κ1) is 17.5. The van der Waals surface area contributed by atoms with Crippen LogP contribution < -0.4 is 5.32 Å². The Kier molecular flexibility index (Phi) is 6.48. The van der Waals surface area contributed by atoms with E-state index in [-0.39, 0.29) is 11.9 Å². The minimum atomic E-state index is 0.0659. The van der Waals surface area contributed by atoms with Gasteiger partial charge < -0.3 is 10.1 Å². The molecule has 0 radical (unpaired) electrons. The minimum absolute atomic E-state index is 0.0659. The summed E-state index contributed by atoms with van der Waals surface area (Å²) in [5, 5.41) is 3.09. The monoisotopic (exact) mass is 340 g/mol. The van der Waals surface area contributed by atoms with Gasteiger partial charge in [0.25, 0.3) is 0 Å². The maximum Gasteiger partial charge on any atom is 0.220 e. The number of aromatic nitrogens is 2. The van der Waals surface area contributed by atoms with Crippen molar-refractivity contribution < 1.29 is 9.53 Å². The number of nitrogens with one attached hydrogen (secondary N) is 1. The number of rotatable bonds is 7. The molecule has 1 saturated heterocycles. The minimum Gasteiger partial charge on any atom is -0.379 e. The summed E-state index contributed by atoms with van der Waals surface area (Å²) in [6.45, 7) is 3.81. The molecule has 1 fully saturated rings. The molecule has 6 heteroatoms. The maximum absolute atomic E-state index is 12.2. The van der Waals surface area contributed by atoms with Crippen molar-refractivity contribution in [1.82, 2.24) is 20.2 Å². The van der Waals surface area contributed by atoms with E-state index in [9.17, 15) is 4.79 Å². The van der Waals surface area contributed by atoms with Crippen LogP contribution in [0.25, 0.3) is 0 Å². The highest BCUT2D eigenvalue weighted by Gasteiger charge is 2.23. The van der Waals surface area contributed by atoms with E-state index in [0.717, 1.165) is 31.9 Å². The third-order valence-electron chi connectivity index (χ3n) is 4.43. The number of hydrogen-bond donors (Lipinski definition) is 1. The summed E-state index contributed by atoms with van der Waals surface area (Å²) in [4.78, 5) is 22.8. The predicted octanol–water partition coefficient (Wildman–Crippen LogP) is 1.60. The molecule has 6 nitrogen and oxygen atoms in total. The van der Waals surface area contributed by atoms with Crippen LogP contribution in [-0.4, -0.2) is 53.6 Å².